The van der Waals surface area contributed by atoms with Gasteiger partial charge in [0.2, 0.25) is 0 Å². The molecule has 0 aromatic heterocycles. The first-order valence-corrected chi connectivity index (χ1v) is 7.85. The van der Waals surface area contributed by atoms with Crippen molar-refractivity contribution in [2.45, 2.75) is 12.7 Å². The Morgan fingerprint density at radius 2 is 1.50 bits per heavy atom. The Labute approximate surface area is 138 Å². The highest BCUT2D eigenvalue weighted by atomic mass is 19.4. The second-order valence-corrected chi connectivity index (χ2v) is 5.91. The highest BCUT2D eigenvalue weighted by Crippen LogP contribution is 2.33. The number of alkyl halides is 3. The normalized spacial score (nSPS) is 16.4. The predicted molar refractivity (Wildman–Crippen MR) is 87.0 cm³/mol. The van der Waals surface area contributed by atoms with Crippen molar-refractivity contribution in [3.05, 3.63) is 59.7 Å². The van der Waals surface area contributed by atoms with Crippen molar-refractivity contribution >= 4 is 5.69 Å². The zero-order chi connectivity index (χ0) is 17.2. The first-order chi connectivity index (χ1) is 11.4. The van der Waals surface area contributed by atoms with E-state index in [0.717, 1.165) is 11.8 Å². The summed E-state index contributed by atoms with van der Waals surface area (Å²) < 4.78 is 39.2. The largest absolute Gasteiger partial charge is 0.506 e. The van der Waals surface area contributed by atoms with Gasteiger partial charge in [0.25, 0.3) is 0 Å². The van der Waals surface area contributed by atoms with Crippen LogP contribution in [0.5, 0.6) is 5.75 Å². The van der Waals surface area contributed by atoms with Gasteiger partial charge in [-0.2, -0.15) is 13.2 Å². The molecule has 1 saturated heterocycles. The lowest BCUT2D eigenvalue weighted by Gasteiger charge is -2.36. The summed E-state index contributed by atoms with van der Waals surface area (Å²) in [5.41, 5.74) is 0.516. The number of rotatable bonds is 3. The van der Waals surface area contributed by atoms with Crippen molar-refractivity contribution in [3.8, 4) is 5.75 Å². The summed E-state index contributed by atoms with van der Waals surface area (Å²) in [7, 11) is 0. The second kappa shape index (κ2) is 6.73. The minimum atomic E-state index is -4.33. The number of aromatic hydroxyl groups is 1. The Kier molecular flexibility index (Phi) is 4.66. The van der Waals surface area contributed by atoms with Crippen molar-refractivity contribution in [1.82, 2.24) is 4.90 Å². The number of halogens is 3. The van der Waals surface area contributed by atoms with E-state index in [-0.39, 0.29) is 12.3 Å². The van der Waals surface area contributed by atoms with Crippen molar-refractivity contribution < 1.29 is 18.3 Å². The van der Waals surface area contributed by atoms with Gasteiger partial charge in [-0.05, 0) is 23.8 Å². The van der Waals surface area contributed by atoms with Crippen molar-refractivity contribution in [2.75, 3.05) is 31.1 Å². The standard InChI is InChI=1S/C18H19F3N2O/c19-18(20,21)15-6-2-1-5-14(15)13-22-9-11-23(12-10-22)16-7-3-4-8-17(16)24/h1-8,24H,9-13H2. The lowest BCUT2D eigenvalue weighted by atomic mass is 10.1. The Bertz CT molecular complexity index is 695. The van der Waals surface area contributed by atoms with Crippen LogP contribution in [0.25, 0.3) is 0 Å². The molecular weight excluding hydrogens is 317 g/mol. The monoisotopic (exact) mass is 336 g/mol. The Morgan fingerprint density at radius 3 is 2.17 bits per heavy atom. The maximum Gasteiger partial charge on any atom is 0.416 e. The number of anilines is 1. The molecule has 1 aliphatic heterocycles. The molecule has 2 aromatic rings. The number of piperazine rings is 1. The van der Waals surface area contributed by atoms with Crippen molar-refractivity contribution in [3.63, 3.8) is 0 Å². The fourth-order valence-corrected chi connectivity index (χ4v) is 3.05. The zero-order valence-electron chi connectivity index (χ0n) is 13.1. The van der Waals surface area contributed by atoms with Gasteiger partial charge in [0.05, 0.1) is 11.3 Å². The Hall–Kier alpha value is -2.21. The van der Waals surface area contributed by atoms with E-state index in [1.807, 2.05) is 17.0 Å². The summed E-state index contributed by atoms with van der Waals surface area (Å²) in [6.45, 7) is 2.93. The van der Waals surface area contributed by atoms with Crippen molar-refractivity contribution in [1.29, 1.82) is 0 Å². The van der Waals surface area contributed by atoms with Gasteiger partial charge >= 0.3 is 6.18 Å². The van der Waals surface area contributed by atoms with E-state index in [1.54, 1.807) is 18.2 Å². The molecule has 6 heteroatoms. The molecule has 24 heavy (non-hydrogen) atoms. The van der Waals surface area contributed by atoms with Gasteiger partial charge < -0.3 is 10.0 Å². The van der Waals surface area contributed by atoms with Crippen LogP contribution in [0.3, 0.4) is 0 Å². The average Bonchev–Trinajstić information content (AvgIpc) is 2.56. The number of hydrogen-bond acceptors (Lipinski definition) is 3. The van der Waals surface area contributed by atoms with Crippen LogP contribution in [0.15, 0.2) is 48.5 Å². The van der Waals surface area contributed by atoms with Gasteiger partial charge in [-0.1, -0.05) is 30.3 Å². The Balaban J connectivity index is 1.66. The second-order valence-electron chi connectivity index (χ2n) is 5.91. The van der Waals surface area contributed by atoms with Gasteiger partial charge in [0.15, 0.2) is 0 Å². The third kappa shape index (κ3) is 3.64. The molecule has 0 amide bonds. The van der Waals surface area contributed by atoms with Crippen LogP contribution < -0.4 is 4.90 Å². The minimum Gasteiger partial charge on any atom is -0.506 e. The highest BCUT2D eigenvalue weighted by molar-refractivity contribution is 5.57. The van der Waals surface area contributed by atoms with E-state index in [4.69, 9.17) is 0 Å². The summed E-state index contributed by atoms with van der Waals surface area (Å²) in [6, 6.07) is 12.9. The van der Waals surface area contributed by atoms with Crippen LogP contribution in [-0.2, 0) is 12.7 Å². The maximum absolute atomic E-state index is 13.1. The van der Waals surface area contributed by atoms with E-state index in [0.29, 0.717) is 31.7 Å². The van der Waals surface area contributed by atoms with Gasteiger partial charge in [-0.15, -0.1) is 0 Å². The average molecular weight is 336 g/mol. The van der Waals surface area contributed by atoms with E-state index in [1.165, 1.54) is 12.1 Å². The first kappa shape index (κ1) is 16.6. The topological polar surface area (TPSA) is 26.7 Å². The van der Waals surface area contributed by atoms with Gasteiger partial charge in [-0.3, -0.25) is 4.90 Å². The third-order valence-corrected chi connectivity index (χ3v) is 4.31. The summed E-state index contributed by atoms with van der Waals surface area (Å²) in [5.74, 6) is 0.230. The third-order valence-electron chi connectivity index (χ3n) is 4.31. The predicted octanol–water partition coefficient (Wildman–Crippen LogP) is 3.73. The van der Waals surface area contributed by atoms with Crippen LogP contribution in [0.2, 0.25) is 0 Å². The molecule has 1 heterocycles. The fraction of sp³-hybridized carbons (Fsp3) is 0.333. The molecule has 0 saturated carbocycles. The van der Waals surface area contributed by atoms with Crippen LogP contribution in [-0.4, -0.2) is 36.2 Å². The first-order valence-electron chi connectivity index (χ1n) is 7.85. The number of para-hydroxylation sites is 2. The van der Waals surface area contributed by atoms with Crippen LogP contribution in [0.1, 0.15) is 11.1 Å². The molecule has 1 N–H and O–H groups in total. The molecule has 2 aromatic carbocycles. The van der Waals surface area contributed by atoms with Crippen LogP contribution >= 0.6 is 0 Å². The Morgan fingerprint density at radius 1 is 0.875 bits per heavy atom. The molecule has 1 aliphatic rings. The van der Waals surface area contributed by atoms with E-state index in [9.17, 15) is 18.3 Å². The summed E-state index contributed by atoms with van der Waals surface area (Å²) >= 11 is 0. The lowest BCUT2D eigenvalue weighted by molar-refractivity contribution is -0.138. The number of benzene rings is 2. The smallest absolute Gasteiger partial charge is 0.416 e. The lowest BCUT2D eigenvalue weighted by Crippen LogP contribution is -2.46. The molecule has 0 spiro atoms. The molecule has 0 atom stereocenters. The van der Waals surface area contributed by atoms with E-state index < -0.39 is 11.7 Å². The van der Waals surface area contributed by atoms with Gasteiger partial charge in [0, 0.05) is 32.7 Å². The fourth-order valence-electron chi connectivity index (χ4n) is 3.05. The highest BCUT2D eigenvalue weighted by Gasteiger charge is 2.33. The summed E-state index contributed by atoms with van der Waals surface area (Å²) in [5, 5.41) is 9.91. The molecule has 1 fully saturated rings. The zero-order valence-corrected chi connectivity index (χ0v) is 13.1. The summed E-state index contributed by atoms with van der Waals surface area (Å²) in [6.07, 6.45) is -4.33. The number of phenolic OH excluding ortho intramolecular Hbond substituents is 1. The number of hydrogen-bond donors (Lipinski definition) is 1. The van der Waals surface area contributed by atoms with Gasteiger partial charge in [-0.25, -0.2) is 0 Å². The molecule has 0 unspecified atom stereocenters. The molecular formula is C18H19F3N2O. The molecule has 3 nitrogen and oxygen atoms in total. The SMILES string of the molecule is Oc1ccccc1N1CCN(Cc2ccccc2C(F)(F)F)CC1. The van der Waals surface area contributed by atoms with E-state index >= 15 is 0 Å². The van der Waals surface area contributed by atoms with Crippen molar-refractivity contribution in [2.24, 2.45) is 0 Å². The molecule has 3 rings (SSSR count). The van der Waals surface area contributed by atoms with Crippen LogP contribution in [0.4, 0.5) is 18.9 Å². The quantitative estimate of drug-likeness (QED) is 0.925. The molecule has 0 radical (unpaired) electrons. The van der Waals surface area contributed by atoms with Crippen LogP contribution in [0, 0.1) is 0 Å². The molecule has 0 bridgehead atoms. The summed E-state index contributed by atoms with van der Waals surface area (Å²) in [4.78, 5) is 4.07. The molecule has 128 valence electrons. The molecule has 0 aliphatic carbocycles. The van der Waals surface area contributed by atoms with E-state index in [2.05, 4.69) is 4.90 Å². The van der Waals surface area contributed by atoms with Gasteiger partial charge in [0.1, 0.15) is 5.75 Å². The number of phenols is 1. The number of nitrogens with zero attached hydrogens (tertiary/aromatic N) is 2. The minimum absolute atomic E-state index is 0.230. The maximum atomic E-state index is 13.1.